The van der Waals surface area contributed by atoms with Gasteiger partial charge in [0.1, 0.15) is 0 Å². The Morgan fingerprint density at radius 3 is 2.73 bits per heavy atom. The van der Waals surface area contributed by atoms with E-state index in [2.05, 4.69) is 24.3 Å². The Bertz CT molecular complexity index is 1190. The highest BCUT2D eigenvalue weighted by molar-refractivity contribution is 8.00. The van der Waals surface area contributed by atoms with Gasteiger partial charge in [-0.3, -0.25) is 4.79 Å². The first-order chi connectivity index (χ1) is 16.2. The molecule has 2 aromatic carbocycles. The van der Waals surface area contributed by atoms with E-state index in [-0.39, 0.29) is 11.9 Å². The average Bonchev–Trinajstić information content (AvgIpc) is 3.61. The molecule has 3 aromatic rings. The molecule has 0 bridgehead atoms. The Morgan fingerprint density at radius 1 is 1.09 bits per heavy atom. The third kappa shape index (κ3) is 4.52. The van der Waals surface area contributed by atoms with Crippen molar-refractivity contribution in [2.75, 3.05) is 20.0 Å². The average molecular weight is 479 g/mol. The number of hydrogen-bond acceptors (Lipinski definition) is 6. The van der Waals surface area contributed by atoms with Gasteiger partial charge in [-0.15, -0.1) is 23.1 Å². The maximum Gasteiger partial charge on any atom is 0.253 e. The van der Waals surface area contributed by atoms with E-state index in [1.165, 1.54) is 24.0 Å². The third-order valence-electron chi connectivity index (χ3n) is 6.20. The van der Waals surface area contributed by atoms with Crippen LogP contribution in [0.1, 0.15) is 40.5 Å². The number of benzene rings is 2. The third-order valence-corrected chi connectivity index (χ3v) is 8.09. The number of thioether (sulfide) groups is 1. The van der Waals surface area contributed by atoms with E-state index in [4.69, 9.17) is 14.6 Å². The molecule has 5 rings (SSSR count). The van der Waals surface area contributed by atoms with Gasteiger partial charge in [0.2, 0.25) is 0 Å². The first-order valence-corrected chi connectivity index (χ1v) is 12.9. The molecule has 0 saturated heterocycles. The number of nitrogens with zero attached hydrogens (tertiary/aromatic N) is 2. The zero-order chi connectivity index (χ0) is 22.8. The predicted octanol–water partition coefficient (Wildman–Crippen LogP) is 5.72. The van der Waals surface area contributed by atoms with Crippen LogP contribution in [0.3, 0.4) is 0 Å². The Labute approximate surface area is 202 Å². The van der Waals surface area contributed by atoms with Gasteiger partial charge in [0.15, 0.2) is 11.5 Å². The first kappa shape index (κ1) is 22.0. The van der Waals surface area contributed by atoms with Crippen molar-refractivity contribution in [1.29, 1.82) is 0 Å². The van der Waals surface area contributed by atoms with E-state index < -0.39 is 0 Å². The van der Waals surface area contributed by atoms with Crippen molar-refractivity contribution >= 4 is 34.7 Å². The van der Waals surface area contributed by atoms with Gasteiger partial charge in [0, 0.05) is 11.3 Å². The molecule has 1 amide bonds. The Hall–Kier alpha value is -2.77. The Balaban J connectivity index is 1.38. The number of carbonyl (C=O) groups is 1. The zero-order valence-electron chi connectivity index (χ0n) is 18.7. The van der Waals surface area contributed by atoms with E-state index >= 15 is 0 Å². The smallest absolute Gasteiger partial charge is 0.253 e. The van der Waals surface area contributed by atoms with Crippen molar-refractivity contribution in [1.82, 2.24) is 5.01 Å². The second-order valence-corrected chi connectivity index (χ2v) is 10.2. The molecule has 1 aromatic heterocycles. The second-order valence-electron chi connectivity index (χ2n) is 8.17. The van der Waals surface area contributed by atoms with Gasteiger partial charge in [0.05, 0.1) is 36.6 Å². The molecular weight excluding hydrogens is 452 g/mol. The van der Waals surface area contributed by atoms with Crippen molar-refractivity contribution < 1.29 is 14.3 Å². The highest BCUT2D eigenvalue weighted by atomic mass is 32.2. The van der Waals surface area contributed by atoms with Gasteiger partial charge in [0.25, 0.3) is 5.91 Å². The molecule has 2 aliphatic rings. The zero-order valence-corrected chi connectivity index (χ0v) is 20.4. The van der Waals surface area contributed by atoms with Gasteiger partial charge in [-0.2, -0.15) is 5.10 Å². The lowest BCUT2D eigenvalue weighted by Gasteiger charge is -2.23. The van der Waals surface area contributed by atoms with E-state index in [1.54, 1.807) is 42.3 Å². The summed E-state index contributed by atoms with van der Waals surface area (Å²) in [5.74, 6) is 1.68. The summed E-state index contributed by atoms with van der Waals surface area (Å²) in [4.78, 5) is 15.6. The number of amides is 1. The molecule has 170 valence electrons. The summed E-state index contributed by atoms with van der Waals surface area (Å²) in [6.07, 6.45) is 4.20. The molecule has 33 heavy (non-hydrogen) atoms. The SMILES string of the molecule is COc1ccc(C2CC(c3cccs3)=NN2C(=O)CSc2ccc3c(c2)CCC3)cc1OC. The molecule has 5 nitrogen and oxygen atoms in total. The lowest BCUT2D eigenvalue weighted by molar-refractivity contribution is -0.130. The Morgan fingerprint density at radius 2 is 1.94 bits per heavy atom. The van der Waals surface area contributed by atoms with Crippen molar-refractivity contribution in [2.45, 2.75) is 36.6 Å². The molecule has 2 heterocycles. The summed E-state index contributed by atoms with van der Waals surface area (Å²) in [6.45, 7) is 0. The summed E-state index contributed by atoms with van der Waals surface area (Å²) in [5, 5.41) is 8.48. The lowest BCUT2D eigenvalue weighted by atomic mass is 10.0. The van der Waals surface area contributed by atoms with Crippen LogP contribution in [0.15, 0.2) is 63.9 Å². The maximum atomic E-state index is 13.4. The largest absolute Gasteiger partial charge is 0.493 e. The number of thiophene rings is 1. The molecule has 1 aliphatic heterocycles. The monoisotopic (exact) mass is 478 g/mol. The quantitative estimate of drug-likeness (QED) is 0.407. The van der Waals surface area contributed by atoms with E-state index in [9.17, 15) is 4.79 Å². The number of hydrogen-bond donors (Lipinski definition) is 0. The second kappa shape index (κ2) is 9.61. The summed E-state index contributed by atoms with van der Waals surface area (Å²) in [7, 11) is 3.25. The van der Waals surface area contributed by atoms with Crippen LogP contribution < -0.4 is 9.47 Å². The number of hydrazone groups is 1. The van der Waals surface area contributed by atoms with Crippen LogP contribution in [0, 0.1) is 0 Å². The molecule has 0 radical (unpaired) electrons. The summed E-state index contributed by atoms with van der Waals surface area (Å²) < 4.78 is 10.9. The van der Waals surface area contributed by atoms with Crippen LogP contribution in [-0.4, -0.2) is 36.6 Å². The molecule has 0 fully saturated rings. The molecule has 0 spiro atoms. The van der Waals surface area contributed by atoms with Crippen LogP contribution in [0.4, 0.5) is 0 Å². The number of fused-ring (bicyclic) bond motifs is 1. The van der Waals surface area contributed by atoms with Crippen LogP contribution in [0.5, 0.6) is 11.5 Å². The fourth-order valence-electron chi connectivity index (χ4n) is 4.50. The highest BCUT2D eigenvalue weighted by Gasteiger charge is 2.34. The minimum Gasteiger partial charge on any atom is -0.493 e. The fraction of sp³-hybridized carbons (Fsp3) is 0.308. The molecule has 7 heteroatoms. The number of rotatable bonds is 7. The van der Waals surface area contributed by atoms with Crippen molar-refractivity contribution in [2.24, 2.45) is 5.10 Å². The summed E-state index contributed by atoms with van der Waals surface area (Å²) in [5.41, 5.74) is 4.80. The highest BCUT2D eigenvalue weighted by Crippen LogP contribution is 2.38. The van der Waals surface area contributed by atoms with Gasteiger partial charge in [-0.05, 0) is 71.7 Å². The number of carbonyl (C=O) groups excluding carboxylic acids is 1. The van der Waals surface area contributed by atoms with E-state index in [0.29, 0.717) is 23.7 Å². The van der Waals surface area contributed by atoms with Crippen molar-refractivity contribution in [3.8, 4) is 11.5 Å². The number of aryl methyl sites for hydroxylation is 2. The van der Waals surface area contributed by atoms with Gasteiger partial charge < -0.3 is 9.47 Å². The normalized spacial score (nSPS) is 17.1. The summed E-state index contributed by atoms with van der Waals surface area (Å²) >= 11 is 3.24. The molecular formula is C26H26N2O3S2. The number of methoxy groups -OCH3 is 2. The van der Waals surface area contributed by atoms with Crippen LogP contribution in [-0.2, 0) is 17.6 Å². The molecule has 0 saturated carbocycles. The number of ether oxygens (including phenoxy) is 2. The molecule has 1 unspecified atom stereocenters. The standard InChI is InChI=1S/C26H26N2O3S2/c1-30-23-11-9-19(14-24(23)31-2)22-15-21(25-7-4-12-32-25)27-28(22)26(29)16-33-20-10-8-17-5-3-6-18(17)13-20/h4,7-14,22H,3,5-6,15-16H2,1-2H3. The fourth-order valence-corrected chi connectivity index (χ4v) is 6.03. The lowest BCUT2D eigenvalue weighted by Crippen LogP contribution is -2.28. The first-order valence-electron chi connectivity index (χ1n) is 11.1. The van der Waals surface area contributed by atoms with Gasteiger partial charge >= 0.3 is 0 Å². The molecule has 1 atom stereocenters. The van der Waals surface area contributed by atoms with Crippen molar-refractivity contribution in [3.63, 3.8) is 0 Å². The maximum absolute atomic E-state index is 13.4. The molecule has 0 N–H and O–H groups in total. The molecule has 1 aliphatic carbocycles. The minimum atomic E-state index is -0.171. The topological polar surface area (TPSA) is 51.1 Å². The van der Waals surface area contributed by atoms with E-state index in [0.717, 1.165) is 27.5 Å². The van der Waals surface area contributed by atoms with Gasteiger partial charge in [-0.1, -0.05) is 18.2 Å². The Kier molecular flexibility index (Phi) is 6.42. The van der Waals surface area contributed by atoms with Crippen LogP contribution in [0.2, 0.25) is 0 Å². The minimum absolute atomic E-state index is 0.00633. The van der Waals surface area contributed by atoms with Crippen LogP contribution >= 0.6 is 23.1 Å². The van der Waals surface area contributed by atoms with Crippen molar-refractivity contribution in [3.05, 3.63) is 75.5 Å². The van der Waals surface area contributed by atoms with Crippen LogP contribution in [0.25, 0.3) is 0 Å². The van der Waals surface area contributed by atoms with E-state index in [1.807, 2.05) is 29.6 Å². The summed E-state index contributed by atoms with van der Waals surface area (Å²) in [6, 6.07) is 16.3. The predicted molar refractivity (Wildman–Crippen MR) is 134 cm³/mol. The van der Waals surface area contributed by atoms with Gasteiger partial charge in [-0.25, -0.2) is 5.01 Å².